The number of nitrogens with zero attached hydrogens (tertiary/aromatic N) is 3. The molecule has 1 aromatic heterocycles. The Morgan fingerprint density at radius 1 is 1.11 bits per heavy atom. The van der Waals surface area contributed by atoms with E-state index in [1.165, 1.54) is 18.3 Å². The Morgan fingerprint density at radius 3 is 2.49 bits per heavy atom. The third-order valence-corrected chi connectivity index (χ3v) is 5.39. The van der Waals surface area contributed by atoms with E-state index in [1.54, 1.807) is 12.1 Å². The molecule has 0 bridgehead atoms. The number of nitrogens with one attached hydrogen (secondary N) is 2. The summed E-state index contributed by atoms with van der Waals surface area (Å²) in [6.07, 6.45) is 1.22. The standard InChI is InChI=1S/C23H22F2N6O4/c24-15-7-14(8-16(25)9-15)12-27-19-11-22(28-13-18(19)23(26)32)29-20-10-17(1-2-21(20)31(33)34)30-3-5-35-6-4-30/h1-2,7-11,13H,3-6,12H2,(H2,26,32)(H2,27,28,29). The lowest BCUT2D eigenvalue weighted by atomic mass is 10.1. The third kappa shape index (κ3) is 5.79. The second kappa shape index (κ2) is 10.3. The Balaban J connectivity index is 1.62. The summed E-state index contributed by atoms with van der Waals surface area (Å²) in [6, 6.07) is 9.23. The molecule has 182 valence electrons. The number of hydrogen-bond donors (Lipinski definition) is 3. The Kier molecular flexibility index (Phi) is 7.01. The molecule has 0 saturated carbocycles. The zero-order chi connectivity index (χ0) is 24.9. The van der Waals surface area contributed by atoms with Gasteiger partial charge in [-0.05, 0) is 29.8 Å². The first kappa shape index (κ1) is 23.8. The summed E-state index contributed by atoms with van der Waals surface area (Å²) < 4.78 is 32.4. The number of ether oxygens (including phenoxy) is 1. The predicted molar refractivity (Wildman–Crippen MR) is 126 cm³/mol. The first-order valence-electron chi connectivity index (χ1n) is 10.7. The monoisotopic (exact) mass is 484 g/mol. The Hall–Kier alpha value is -4.32. The summed E-state index contributed by atoms with van der Waals surface area (Å²) >= 11 is 0. The van der Waals surface area contributed by atoms with E-state index in [0.29, 0.717) is 31.9 Å². The highest BCUT2D eigenvalue weighted by molar-refractivity contribution is 5.98. The summed E-state index contributed by atoms with van der Waals surface area (Å²) in [4.78, 5) is 29.2. The molecule has 2 heterocycles. The molecule has 1 aliphatic rings. The van der Waals surface area contributed by atoms with Crippen molar-refractivity contribution in [3.8, 4) is 0 Å². The van der Waals surface area contributed by atoms with Crippen molar-refractivity contribution >= 4 is 34.5 Å². The summed E-state index contributed by atoms with van der Waals surface area (Å²) in [7, 11) is 0. The molecule has 0 aliphatic carbocycles. The highest BCUT2D eigenvalue weighted by Crippen LogP contribution is 2.33. The van der Waals surface area contributed by atoms with E-state index in [9.17, 15) is 23.7 Å². The van der Waals surface area contributed by atoms with Gasteiger partial charge in [-0.15, -0.1) is 0 Å². The van der Waals surface area contributed by atoms with Gasteiger partial charge in [0.15, 0.2) is 0 Å². The van der Waals surface area contributed by atoms with Crippen LogP contribution < -0.4 is 21.3 Å². The van der Waals surface area contributed by atoms with Gasteiger partial charge >= 0.3 is 0 Å². The van der Waals surface area contributed by atoms with E-state index in [-0.39, 0.29) is 35.0 Å². The van der Waals surface area contributed by atoms with Gasteiger partial charge in [-0.3, -0.25) is 14.9 Å². The van der Waals surface area contributed by atoms with Gasteiger partial charge in [0.2, 0.25) is 0 Å². The molecular weight excluding hydrogens is 462 g/mol. The molecule has 2 aromatic carbocycles. The van der Waals surface area contributed by atoms with Crippen molar-refractivity contribution in [2.24, 2.45) is 5.73 Å². The minimum absolute atomic E-state index is 0.00885. The van der Waals surface area contributed by atoms with Crippen molar-refractivity contribution in [2.75, 3.05) is 41.8 Å². The molecule has 4 rings (SSSR count). The van der Waals surface area contributed by atoms with E-state index in [1.807, 2.05) is 4.90 Å². The molecule has 10 nitrogen and oxygen atoms in total. The number of morpholine rings is 1. The minimum atomic E-state index is -0.766. The average Bonchev–Trinajstić information content (AvgIpc) is 2.82. The number of halogens is 2. The maximum Gasteiger partial charge on any atom is 0.292 e. The van der Waals surface area contributed by atoms with Gasteiger partial charge in [0.1, 0.15) is 23.1 Å². The molecule has 4 N–H and O–H groups in total. The zero-order valence-corrected chi connectivity index (χ0v) is 18.5. The smallest absolute Gasteiger partial charge is 0.292 e. The summed E-state index contributed by atoms with van der Waals surface area (Å²) in [6.45, 7) is 2.40. The number of nitro groups is 1. The number of aromatic nitrogens is 1. The molecule has 1 saturated heterocycles. The third-order valence-electron chi connectivity index (χ3n) is 5.39. The van der Waals surface area contributed by atoms with Crippen LogP contribution in [0.4, 0.5) is 37.3 Å². The van der Waals surface area contributed by atoms with Crippen LogP contribution in [-0.2, 0) is 11.3 Å². The topological polar surface area (TPSA) is 136 Å². The minimum Gasteiger partial charge on any atom is -0.380 e. The fraction of sp³-hybridized carbons (Fsp3) is 0.217. The number of carbonyl (C=O) groups is 1. The molecule has 0 spiro atoms. The number of primary amides is 1. The quantitative estimate of drug-likeness (QED) is 0.326. The summed E-state index contributed by atoms with van der Waals surface area (Å²) in [5.41, 5.74) is 6.85. The van der Waals surface area contributed by atoms with Crippen LogP contribution in [-0.4, -0.2) is 42.1 Å². The highest BCUT2D eigenvalue weighted by Gasteiger charge is 2.19. The van der Waals surface area contributed by atoms with Crippen molar-refractivity contribution in [2.45, 2.75) is 6.54 Å². The van der Waals surface area contributed by atoms with Crippen molar-refractivity contribution < 1.29 is 23.2 Å². The molecule has 1 amide bonds. The number of benzene rings is 2. The van der Waals surface area contributed by atoms with Crippen LogP contribution in [0.25, 0.3) is 0 Å². The molecule has 0 atom stereocenters. The number of amides is 1. The highest BCUT2D eigenvalue weighted by atomic mass is 19.1. The Bertz CT molecular complexity index is 1250. The first-order chi connectivity index (χ1) is 16.8. The largest absolute Gasteiger partial charge is 0.380 e. The number of hydrogen-bond acceptors (Lipinski definition) is 8. The number of nitro benzene ring substituents is 1. The fourth-order valence-corrected chi connectivity index (χ4v) is 3.72. The lowest BCUT2D eigenvalue weighted by molar-refractivity contribution is -0.383. The van der Waals surface area contributed by atoms with Gasteiger partial charge < -0.3 is 26.0 Å². The van der Waals surface area contributed by atoms with Gasteiger partial charge in [0.05, 0.1) is 29.4 Å². The molecule has 0 radical (unpaired) electrons. The van der Waals surface area contributed by atoms with Crippen molar-refractivity contribution in [3.63, 3.8) is 0 Å². The number of carbonyl (C=O) groups excluding carboxylic acids is 1. The van der Waals surface area contributed by atoms with Crippen LogP contribution in [0.15, 0.2) is 48.7 Å². The molecule has 3 aromatic rings. The maximum absolute atomic E-state index is 13.5. The van der Waals surface area contributed by atoms with E-state index in [2.05, 4.69) is 15.6 Å². The van der Waals surface area contributed by atoms with E-state index >= 15 is 0 Å². The second-order valence-corrected chi connectivity index (χ2v) is 7.79. The Morgan fingerprint density at radius 2 is 1.83 bits per heavy atom. The Labute approximate surface area is 198 Å². The predicted octanol–water partition coefficient (Wildman–Crippen LogP) is 3.56. The van der Waals surface area contributed by atoms with Crippen molar-refractivity contribution in [3.05, 3.63) is 81.5 Å². The second-order valence-electron chi connectivity index (χ2n) is 7.79. The number of nitrogens with two attached hydrogens (primary N) is 1. The number of rotatable bonds is 8. The zero-order valence-electron chi connectivity index (χ0n) is 18.5. The molecule has 0 unspecified atom stereocenters. The van der Waals surface area contributed by atoms with Crippen LogP contribution in [0.5, 0.6) is 0 Å². The lowest BCUT2D eigenvalue weighted by Crippen LogP contribution is -2.36. The van der Waals surface area contributed by atoms with Gasteiger partial charge in [0.25, 0.3) is 11.6 Å². The van der Waals surface area contributed by atoms with Gasteiger partial charge in [0, 0.05) is 49.7 Å². The summed E-state index contributed by atoms with van der Waals surface area (Å²) in [5.74, 6) is -2.04. The van der Waals surface area contributed by atoms with Gasteiger partial charge in [-0.2, -0.15) is 0 Å². The SMILES string of the molecule is NC(=O)c1cnc(Nc2cc(N3CCOCC3)ccc2[N+](=O)[O-])cc1NCc1cc(F)cc(F)c1. The van der Waals surface area contributed by atoms with E-state index < -0.39 is 22.5 Å². The van der Waals surface area contributed by atoms with Gasteiger partial charge in [-0.25, -0.2) is 13.8 Å². The molecule has 1 aliphatic heterocycles. The number of anilines is 4. The van der Waals surface area contributed by atoms with Crippen LogP contribution in [0, 0.1) is 21.7 Å². The molecule has 1 fully saturated rings. The van der Waals surface area contributed by atoms with Crippen molar-refractivity contribution in [1.82, 2.24) is 4.98 Å². The van der Waals surface area contributed by atoms with E-state index in [4.69, 9.17) is 10.5 Å². The normalized spacial score (nSPS) is 13.4. The lowest BCUT2D eigenvalue weighted by Gasteiger charge is -2.29. The average molecular weight is 484 g/mol. The van der Waals surface area contributed by atoms with Crippen LogP contribution in [0.3, 0.4) is 0 Å². The van der Waals surface area contributed by atoms with Gasteiger partial charge in [-0.1, -0.05) is 0 Å². The van der Waals surface area contributed by atoms with Crippen LogP contribution in [0.1, 0.15) is 15.9 Å². The summed E-state index contributed by atoms with van der Waals surface area (Å²) in [5, 5.41) is 17.5. The van der Waals surface area contributed by atoms with Crippen molar-refractivity contribution in [1.29, 1.82) is 0 Å². The fourth-order valence-electron chi connectivity index (χ4n) is 3.72. The van der Waals surface area contributed by atoms with E-state index in [0.717, 1.165) is 23.9 Å². The molecule has 35 heavy (non-hydrogen) atoms. The number of pyridine rings is 1. The molecular formula is C23H22F2N6O4. The molecule has 12 heteroatoms. The maximum atomic E-state index is 13.5. The first-order valence-corrected chi connectivity index (χ1v) is 10.7. The van der Waals surface area contributed by atoms with Crippen LogP contribution >= 0.6 is 0 Å². The van der Waals surface area contributed by atoms with Crippen LogP contribution in [0.2, 0.25) is 0 Å².